The monoisotopic (exact) mass is 386 g/mol. The Hall–Kier alpha value is -1.56. The van der Waals surface area contributed by atoms with Gasteiger partial charge in [-0.25, -0.2) is 0 Å². The maximum absolute atomic E-state index is 2.58. The van der Waals surface area contributed by atoms with Gasteiger partial charge in [-0.1, -0.05) is 73.6 Å². The summed E-state index contributed by atoms with van der Waals surface area (Å²) in [6, 6.07) is 0. The van der Waals surface area contributed by atoms with Gasteiger partial charge in [0.2, 0.25) is 0 Å². The van der Waals surface area contributed by atoms with Crippen molar-refractivity contribution in [2.24, 2.45) is 10.8 Å². The Morgan fingerprint density at radius 2 is 1.38 bits per heavy atom. The van der Waals surface area contributed by atoms with Crippen LogP contribution in [-0.2, 0) is 23.7 Å². The zero-order valence-corrected chi connectivity index (χ0v) is 19.8. The fourth-order valence-electron chi connectivity index (χ4n) is 6.52. The molecule has 0 saturated carbocycles. The highest BCUT2D eigenvalue weighted by molar-refractivity contribution is 5.85. The van der Waals surface area contributed by atoms with Crippen LogP contribution < -0.4 is 10.4 Å². The molecule has 0 saturated heterocycles. The topological polar surface area (TPSA) is 0 Å². The SMILES string of the molecule is CC1(C)C=C2C=c3c4c(c5c(c3=C2CC1)C(C)(C)C=CC5(C)C)CCC(C)(C)C4. The summed E-state index contributed by atoms with van der Waals surface area (Å²) in [7, 11) is 0. The summed E-state index contributed by atoms with van der Waals surface area (Å²) in [5.41, 5.74) is 10.8. The van der Waals surface area contributed by atoms with Gasteiger partial charge in [0.15, 0.2) is 0 Å². The van der Waals surface area contributed by atoms with Crippen LogP contribution in [0.5, 0.6) is 0 Å². The molecule has 1 aromatic carbocycles. The molecule has 0 heteroatoms. The van der Waals surface area contributed by atoms with Gasteiger partial charge in [0.25, 0.3) is 0 Å². The first-order chi connectivity index (χ1) is 13.3. The summed E-state index contributed by atoms with van der Waals surface area (Å²) in [6.07, 6.45) is 16.4. The van der Waals surface area contributed by atoms with Crippen molar-refractivity contribution in [1.29, 1.82) is 0 Å². The fourth-order valence-corrected chi connectivity index (χ4v) is 6.52. The zero-order chi connectivity index (χ0) is 21.0. The number of hydrogen-bond acceptors (Lipinski definition) is 0. The number of fused-ring (bicyclic) bond motifs is 7. The van der Waals surface area contributed by atoms with Gasteiger partial charge in [0.1, 0.15) is 0 Å². The molecule has 0 aliphatic heterocycles. The molecular weight excluding hydrogens is 348 g/mol. The summed E-state index contributed by atoms with van der Waals surface area (Å²) in [5, 5.41) is 3.21. The Morgan fingerprint density at radius 1 is 0.724 bits per heavy atom. The van der Waals surface area contributed by atoms with E-state index >= 15 is 0 Å². The Kier molecular flexibility index (Phi) is 3.73. The molecule has 4 aliphatic carbocycles. The van der Waals surface area contributed by atoms with E-state index < -0.39 is 0 Å². The average Bonchev–Trinajstić information content (AvgIpc) is 2.94. The molecule has 5 rings (SSSR count). The third kappa shape index (κ3) is 2.77. The summed E-state index contributed by atoms with van der Waals surface area (Å²) < 4.78 is 0. The number of benzene rings is 1. The highest BCUT2D eigenvalue weighted by atomic mass is 14.4. The second kappa shape index (κ2) is 5.57. The van der Waals surface area contributed by atoms with Crippen molar-refractivity contribution < 1.29 is 0 Å². The van der Waals surface area contributed by atoms with Crippen LogP contribution in [0.3, 0.4) is 0 Å². The Balaban J connectivity index is 1.98. The molecule has 0 atom stereocenters. The standard InChI is InChI=1S/C29H38/c1-26(2)11-9-19-18(16-26)15-21-22-17-27(3,4)12-10-20(22)24-25(23(19)21)29(7,8)14-13-28(24,5)6/h13-16H,9-12,17H2,1-8H3. The Labute approximate surface area is 177 Å². The summed E-state index contributed by atoms with van der Waals surface area (Å²) >= 11 is 0. The predicted octanol–water partition coefficient (Wildman–Crippen LogP) is 6.02. The van der Waals surface area contributed by atoms with E-state index in [0.717, 1.165) is 0 Å². The predicted molar refractivity (Wildman–Crippen MR) is 126 cm³/mol. The van der Waals surface area contributed by atoms with E-state index in [2.05, 4.69) is 79.7 Å². The minimum Gasteiger partial charge on any atom is -0.0776 e. The fraction of sp³-hybridized carbons (Fsp3) is 0.586. The zero-order valence-electron chi connectivity index (χ0n) is 19.8. The van der Waals surface area contributed by atoms with Gasteiger partial charge in [0.05, 0.1) is 0 Å². The van der Waals surface area contributed by atoms with E-state index in [-0.39, 0.29) is 10.8 Å². The van der Waals surface area contributed by atoms with Gasteiger partial charge in [-0.2, -0.15) is 0 Å². The summed E-state index contributed by atoms with van der Waals surface area (Å²) in [4.78, 5) is 0. The van der Waals surface area contributed by atoms with E-state index in [0.29, 0.717) is 10.8 Å². The molecule has 0 nitrogen and oxygen atoms in total. The van der Waals surface area contributed by atoms with Crippen LogP contribution >= 0.6 is 0 Å². The maximum Gasteiger partial charge on any atom is 0.00850 e. The molecule has 0 spiro atoms. The highest BCUT2D eigenvalue weighted by Crippen LogP contribution is 2.47. The molecule has 154 valence electrons. The molecule has 4 aliphatic rings. The lowest BCUT2D eigenvalue weighted by Crippen LogP contribution is -2.46. The Bertz CT molecular complexity index is 1110. The molecule has 0 aromatic heterocycles. The van der Waals surface area contributed by atoms with Crippen molar-refractivity contribution in [3.05, 3.63) is 56.5 Å². The van der Waals surface area contributed by atoms with Crippen molar-refractivity contribution in [3.8, 4) is 0 Å². The second-order valence-electron chi connectivity index (χ2n) is 12.8. The number of hydrogen-bond donors (Lipinski definition) is 0. The second-order valence-corrected chi connectivity index (χ2v) is 12.8. The van der Waals surface area contributed by atoms with Crippen molar-refractivity contribution in [2.75, 3.05) is 0 Å². The van der Waals surface area contributed by atoms with Gasteiger partial charge in [-0.15, -0.1) is 0 Å². The molecule has 0 heterocycles. The molecule has 0 fully saturated rings. The van der Waals surface area contributed by atoms with E-state index in [4.69, 9.17) is 0 Å². The highest BCUT2D eigenvalue weighted by Gasteiger charge is 2.41. The lowest BCUT2D eigenvalue weighted by molar-refractivity contribution is 0.311. The first-order valence-corrected chi connectivity index (χ1v) is 11.7. The van der Waals surface area contributed by atoms with E-state index in [1.54, 1.807) is 38.3 Å². The van der Waals surface area contributed by atoms with Gasteiger partial charge < -0.3 is 0 Å². The lowest BCUT2D eigenvalue weighted by Gasteiger charge is -2.43. The minimum absolute atomic E-state index is 0.0974. The molecule has 1 aromatic rings. The smallest absolute Gasteiger partial charge is 0.00850 e. The number of allylic oxidation sites excluding steroid dienone is 4. The first-order valence-electron chi connectivity index (χ1n) is 11.7. The van der Waals surface area contributed by atoms with Crippen LogP contribution in [0, 0.1) is 10.8 Å². The third-order valence-electron chi connectivity index (χ3n) is 8.19. The summed E-state index contributed by atoms with van der Waals surface area (Å²) in [6.45, 7) is 19.5. The molecule has 29 heavy (non-hydrogen) atoms. The molecule has 0 N–H and O–H groups in total. The molecular formula is C29H38. The molecule has 0 amide bonds. The van der Waals surface area contributed by atoms with Gasteiger partial charge in [-0.3, -0.25) is 0 Å². The van der Waals surface area contributed by atoms with Crippen LogP contribution in [0.25, 0.3) is 11.6 Å². The van der Waals surface area contributed by atoms with Crippen molar-refractivity contribution >= 4 is 11.6 Å². The van der Waals surface area contributed by atoms with Crippen LogP contribution in [0.1, 0.15) is 96.9 Å². The number of rotatable bonds is 0. The lowest BCUT2D eigenvalue weighted by atomic mass is 9.61. The van der Waals surface area contributed by atoms with Crippen molar-refractivity contribution in [3.63, 3.8) is 0 Å². The van der Waals surface area contributed by atoms with Gasteiger partial charge >= 0.3 is 0 Å². The molecule has 0 bridgehead atoms. The van der Waals surface area contributed by atoms with E-state index in [1.807, 2.05) is 0 Å². The van der Waals surface area contributed by atoms with Gasteiger partial charge in [0, 0.05) is 10.8 Å². The van der Waals surface area contributed by atoms with Crippen molar-refractivity contribution in [2.45, 2.75) is 98.3 Å². The third-order valence-corrected chi connectivity index (χ3v) is 8.19. The Morgan fingerprint density at radius 3 is 2.07 bits per heavy atom. The largest absolute Gasteiger partial charge is 0.0776 e. The van der Waals surface area contributed by atoms with E-state index in [9.17, 15) is 0 Å². The summed E-state index contributed by atoms with van der Waals surface area (Å²) in [5.74, 6) is 0. The maximum atomic E-state index is 2.58. The van der Waals surface area contributed by atoms with Crippen LogP contribution in [-0.4, -0.2) is 0 Å². The quantitative estimate of drug-likeness (QED) is 0.478. The van der Waals surface area contributed by atoms with E-state index in [1.165, 1.54) is 37.7 Å². The van der Waals surface area contributed by atoms with Gasteiger partial charge in [-0.05, 0) is 92.8 Å². The van der Waals surface area contributed by atoms with Crippen LogP contribution in [0.2, 0.25) is 0 Å². The first kappa shape index (κ1) is 19.4. The minimum atomic E-state index is 0.0974. The van der Waals surface area contributed by atoms with Crippen molar-refractivity contribution in [1.82, 2.24) is 0 Å². The average molecular weight is 387 g/mol. The van der Waals surface area contributed by atoms with Crippen LogP contribution in [0.15, 0.2) is 23.8 Å². The normalized spacial score (nSPS) is 26.6. The molecule has 0 unspecified atom stereocenters. The molecule has 0 radical (unpaired) electrons. The van der Waals surface area contributed by atoms with Crippen LogP contribution in [0.4, 0.5) is 0 Å².